The van der Waals surface area contributed by atoms with Gasteiger partial charge in [0.15, 0.2) is 0 Å². The average molecular weight is 427 g/mol. The summed E-state index contributed by atoms with van der Waals surface area (Å²) in [6.07, 6.45) is 1.93. The quantitative estimate of drug-likeness (QED) is 0.597. The summed E-state index contributed by atoms with van der Waals surface area (Å²) in [6, 6.07) is 18.5. The summed E-state index contributed by atoms with van der Waals surface area (Å²) < 4.78 is 6.40. The SMILES string of the molecule is CC(OCC1(c2ccccc2)CCN(Cc2n[nH]c(=O)[nH]2)CC1)c1cccc(Cl)c1. The molecule has 3 aromatic rings. The zero-order valence-electron chi connectivity index (χ0n) is 17.1. The third-order valence-corrected chi connectivity index (χ3v) is 6.29. The van der Waals surface area contributed by atoms with Crippen LogP contribution in [0.15, 0.2) is 59.4 Å². The van der Waals surface area contributed by atoms with E-state index in [0.717, 1.165) is 36.5 Å². The van der Waals surface area contributed by atoms with E-state index < -0.39 is 0 Å². The van der Waals surface area contributed by atoms with Gasteiger partial charge in [-0.15, -0.1) is 0 Å². The highest BCUT2D eigenvalue weighted by Gasteiger charge is 2.37. The van der Waals surface area contributed by atoms with E-state index in [4.69, 9.17) is 16.3 Å². The Morgan fingerprint density at radius 2 is 1.93 bits per heavy atom. The summed E-state index contributed by atoms with van der Waals surface area (Å²) in [7, 11) is 0. The molecule has 1 aliphatic heterocycles. The van der Waals surface area contributed by atoms with E-state index in [0.29, 0.717) is 19.0 Å². The number of hydrogen-bond acceptors (Lipinski definition) is 4. The van der Waals surface area contributed by atoms with Crippen LogP contribution in [0.5, 0.6) is 0 Å². The number of benzene rings is 2. The van der Waals surface area contributed by atoms with E-state index in [2.05, 4.69) is 63.4 Å². The first-order chi connectivity index (χ1) is 14.5. The number of nitrogens with zero attached hydrogens (tertiary/aromatic N) is 2. The van der Waals surface area contributed by atoms with E-state index in [1.54, 1.807) is 0 Å². The number of rotatable bonds is 7. The topological polar surface area (TPSA) is 74.0 Å². The molecule has 0 amide bonds. The maximum Gasteiger partial charge on any atom is 0.340 e. The molecule has 2 heterocycles. The van der Waals surface area contributed by atoms with Crippen molar-refractivity contribution in [2.45, 2.75) is 37.8 Å². The highest BCUT2D eigenvalue weighted by Crippen LogP contribution is 2.37. The van der Waals surface area contributed by atoms with Gasteiger partial charge in [0.05, 0.1) is 19.3 Å². The Morgan fingerprint density at radius 1 is 1.17 bits per heavy atom. The summed E-state index contributed by atoms with van der Waals surface area (Å²) in [5, 5.41) is 7.20. The van der Waals surface area contributed by atoms with Gasteiger partial charge in [-0.3, -0.25) is 9.88 Å². The molecule has 0 bridgehead atoms. The molecular weight excluding hydrogens is 400 g/mol. The van der Waals surface area contributed by atoms with Gasteiger partial charge in [0, 0.05) is 10.4 Å². The predicted octanol–water partition coefficient (Wildman–Crippen LogP) is 4.06. The van der Waals surface area contributed by atoms with Crippen LogP contribution in [0.25, 0.3) is 0 Å². The number of ether oxygens (including phenoxy) is 1. The molecule has 1 saturated heterocycles. The molecule has 2 N–H and O–H groups in total. The monoisotopic (exact) mass is 426 g/mol. The number of halogens is 1. The zero-order chi connectivity index (χ0) is 21.0. The minimum Gasteiger partial charge on any atom is -0.373 e. The molecule has 4 rings (SSSR count). The molecule has 7 heteroatoms. The maximum atomic E-state index is 11.3. The molecular formula is C23H27ClN4O2. The first-order valence-electron chi connectivity index (χ1n) is 10.3. The lowest BCUT2D eigenvalue weighted by Gasteiger charge is -2.42. The zero-order valence-corrected chi connectivity index (χ0v) is 17.9. The predicted molar refractivity (Wildman–Crippen MR) is 118 cm³/mol. The third-order valence-electron chi connectivity index (χ3n) is 6.05. The van der Waals surface area contributed by atoms with E-state index in [-0.39, 0.29) is 17.2 Å². The summed E-state index contributed by atoms with van der Waals surface area (Å²) >= 11 is 6.15. The van der Waals surface area contributed by atoms with Crippen LogP contribution < -0.4 is 5.69 Å². The molecule has 158 valence electrons. The van der Waals surface area contributed by atoms with Crippen molar-refractivity contribution in [1.29, 1.82) is 0 Å². The summed E-state index contributed by atoms with van der Waals surface area (Å²) in [5.74, 6) is 0.679. The second kappa shape index (κ2) is 9.16. The van der Waals surface area contributed by atoms with Crippen molar-refractivity contribution in [3.63, 3.8) is 0 Å². The highest BCUT2D eigenvalue weighted by molar-refractivity contribution is 6.30. The fourth-order valence-corrected chi connectivity index (χ4v) is 4.38. The Balaban J connectivity index is 1.46. The fourth-order valence-electron chi connectivity index (χ4n) is 4.18. The molecule has 1 aromatic heterocycles. The van der Waals surface area contributed by atoms with Crippen LogP contribution in [0, 0.1) is 0 Å². The van der Waals surface area contributed by atoms with Crippen molar-refractivity contribution in [3.8, 4) is 0 Å². The lowest BCUT2D eigenvalue weighted by molar-refractivity contribution is 0.00246. The minimum atomic E-state index is -0.260. The smallest absolute Gasteiger partial charge is 0.340 e. The van der Waals surface area contributed by atoms with Gasteiger partial charge >= 0.3 is 5.69 Å². The Labute approximate surface area is 181 Å². The van der Waals surface area contributed by atoms with E-state index in [1.165, 1.54) is 5.56 Å². The largest absolute Gasteiger partial charge is 0.373 e. The first kappa shape index (κ1) is 20.8. The Morgan fingerprint density at radius 3 is 2.60 bits per heavy atom. The number of H-pyrrole nitrogens is 2. The fraction of sp³-hybridized carbons (Fsp3) is 0.391. The Hall–Kier alpha value is -2.41. The van der Waals surface area contributed by atoms with Gasteiger partial charge in [-0.1, -0.05) is 54.1 Å². The first-order valence-corrected chi connectivity index (χ1v) is 10.7. The van der Waals surface area contributed by atoms with Gasteiger partial charge in [0.1, 0.15) is 5.82 Å². The lowest BCUT2D eigenvalue weighted by Crippen LogP contribution is -2.45. The number of likely N-dealkylation sites (tertiary alicyclic amines) is 1. The molecule has 0 spiro atoms. The van der Waals surface area contributed by atoms with Gasteiger partial charge in [0.2, 0.25) is 0 Å². The van der Waals surface area contributed by atoms with Crippen molar-refractivity contribution >= 4 is 11.6 Å². The minimum absolute atomic E-state index is 0.0311. The van der Waals surface area contributed by atoms with Crippen LogP contribution in [0.4, 0.5) is 0 Å². The average Bonchev–Trinajstić information content (AvgIpc) is 3.18. The van der Waals surface area contributed by atoms with Crippen molar-refractivity contribution < 1.29 is 4.74 Å². The highest BCUT2D eigenvalue weighted by atomic mass is 35.5. The van der Waals surface area contributed by atoms with Crippen LogP contribution in [0.2, 0.25) is 5.02 Å². The molecule has 0 aliphatic carbocycles. The normalized spacial score (nSPS) is 17.7. The number of hydrogen-bond donors (Lipinski definition) is 2. The van der Waals surface area contributed by atoms with Crippen LogP contribution in [0.1, 0.15) is 42.8 Å². The van der Waals surface area contributed by atoms with Crippen molar-refractivity contribution in [1.82, 2.24) is 20.1 Å². The number of nitrogens with one attached hydrogen (secondary N) is 2. The molecule has 6 nitrogen and oxygen atoms in total. The number of piperidine rings is 1. The van der Waals surface area contributed by atoms with Crippen LogP contribution >= 0.6 is 11.6 Å². The van der Waals surface area contributed by atoms with E-state index >= 15 is 0 Å². The molecule has 0 saturated carbocycles. The summed E-state index contributed by atoms with van der Waals surface area (Å²) in [5.41, 5.74) is 2.11. The molecule has 1 aliphatic rings. The molecule has 1 fully saturated rings. The molecule has 30 heavy (non-hydrogen) atoms. The second-order valence-corrected chi connectivity index (χ2v) is 8.49. The molecule has 1 unspecified atom stereocenters. The summed E-state index contributed by atoms with van der Waals surface area (Å²) in [4.78, 5) is 16.4. The van der Waals surface area contributed by atoms with E-state index in [1.807, 2.05) is 18.2 Å². The lowest BCUT2D eigenvalue weighted by atomic mass is 9.73. The van der Waals surface area contributed by atoms with Gasteiger partial charge in [-0.05, 0) is 56.1 Å². The van der Waals surface area contributed by atoms with Gasteiger partial charge in [0.25, 0.3) is 0 Å². The molecule has 1 atom stereocenters. The van der Waals surface area contributed by atoms with Crippen LogP contribution in [0.3, 0.4) is 0 Å². The molecule has 2 aromatic carbocycles. The van der Waals surface area contributed by atoms with Gasteiger partial charge < -0.3 is 4.74 Å². The summed E-state index contributed by atoms with van der Waals surface area (Å²) in [6.45, 7) is 5.20. The maximum absolute atomic E-state index is 11.3. The van der Waals surface area contributed by atoms with E-state index in [9.17, 15) is 4.79 Å². The molecule has 0 radical (unpaired) electrons. The number of aromatic nitrogens is 3. The van der Waals surface area contributed by atoms with Crippen molar-refractivity contribution in [2.75, 3.05) is 19.7 Å². The van der Waals surface area contributed by atoms with Crippen LogP contribution in [-0.2, 0) is 16.7 Å². The Kier molecular flexibility index (Phi) is 6.37. The number of aromatic amines is 2. The van der Waals surface area contributed by atoms with Gasteiger partial charge in [-0.25, -0.2) is 9.89 Å². The third kappa shape index (κ3) is 4.83. The Bertz CT molecular complexity index is 1010. The van der Waals surface area contributed by atoms with Crippen LogP contribution in [-0.4, -0.2) is 39.8 Å². The second-order valence-electron chi connectivity index (χ2n) is 8.06. The van der Waals surface area contributed by atoms with Gasteiger partial charge in [-0.2, -0.15) is 5.10 Å². The standard InChI is InChI=1S/C23H27ClN4O2/c1-17(18-6-5-9-20(24)14-18)30-16-23(19-7-3-2-4-8-19)10-12-28(13-11-23)15-21-25-22(29)27-26-21/h2-9,14,17H,10-13,15-16H2,1H3,(H2,25,26,27,29). The van der Waals surface area contributed by atoms with Crippen molar-refractivity contribution in [2.24, 2.45) is 0 Å². The van der Waals surface area contributed by atoms with Crippen molar-refractivity contribution in [3.05, 3.63) is 87.1 Å².